The van der Waals surface area contributed by atoms with Gasteiger partial charge in [0.25, 0.3) is 11.6 Å². The lowest BCUT2D eigenvalue weighted by molar-refractivity contribution is -0.384. The molecule has 3 aromatic rings. The Hall–Kier alpha value is -3.67. The van der Waals surface area contributed by atoms with Crippen molar-refractivity contribution in [2.45, 2.75) is 18.6 Å². The number of rotatable bonds is 7. The van der Waals surface area contributed by atoms with Gasteiger partial charge in [-0.15, -0.1) is 10.2 Å². The van der Waals surface area contributed by atoms with E-state index in [1.54, 1.807) is 16.7 Å². The molecule has 0 unspecified atom stereocenters. The molecule has 2 N–H and O–H groups in total. The summed E-state index contributed by atoms with van der Waals surface area (Å²) in [5, 5.41) is 19.5. The molecule has 3 rings (SSSR count). The molecule has 11 nitrogen and oxygen atoms in total. The molecule has 2 aromatic heterocycles. The Morgan fingerprint density at radius 1 is 1.24 bits per heavy atom. The zero-order valence-corrected chi connectivity index (χ0v) is 16.0. The van der Waals surface area contributed by atoms with Gasteiger partial charge in [-0.25, -0.2) is 0 Å². The van der Waals surface area contributed by atoms with Gasteiger partial charge in [-0.1, -0.05) is 17.8 Å². The molecule has 2 heterocycles. The molecule has 0 saturated carbocycles. The summed E-state index contributed by atoms with van der Waals surface area (Å²) in [7, 11) is 0. The van der Waals surface area contributed by atoms with Gasteiger partial charge in [0.1, 0.15) is 0 Å². The normalized spacial score (nSPS) is 10.5. The van der Waals surface area contributed by atoms with Gasteiger partial charge in [0, 0.05) is 24.2 Å². The second-order valence-corrected chi connectivity index (χ2v) is 6.57. The molecule has 0 aliphatic heterocycles. The van der Waals surface area contributed by atoms with Gasteiger partial charge < -0.3 is 4.42 Å². The van der Waals surface area contributed by atoms with Crippen LogP contribution in [0.1, 0.15) is 17.3 Å². The first-order valence-corrected chi connectivity index (χ1v) is 9.41. The van der Waals surface area contributed by atoms with Crippen LogP contribution in [-0.4, -0.2) is 37.3 Å². The van der Waals surface area contributed by atoms with E-state index in [2.05, 4.69) is 21.0 Å². The highest BCUT2D eigenvalue weighted by Gasteiger charge is 2.17. The van der Waals surface area contributed by atoms with Crippen LogP contribution in [0.5, 0.6) is 0 Å². The summed E-state index contributed by atoms with van der Waals surface area (Å²) in [6.45, 7) is 2.50. The third-order valence-electron chi connectivity index (χ3n) is 3.74. The Balaban J connectivity index is 1.55. The molecule has 0 spiro atoms. The molecule has 0 aliphatic rings. The van der Waals surface area contributed by atoms with E-state index in [0.717, 1.165) is 17.8 Å². The van der Waals surface area contributed by atoms with Crippen LogP contribution in [0.15, 0.2) is 52.2 Å². The van der Waals surface area contributed by atoms with Crippen LogP contribution >= 0.6 is 11.8 Å². The third kappa shape index (κ3) is 4.79. The highest BCUT2D eigenvalue weighted by Crippen LogP contribution is 2.24. The fourth-order valence-corrected chi connectivity index (χ4v) is 3.20. The molecule has 150 valence electrons. The van der Waals surface area contributed by atoms with Gasteiger partial charge in [0.2, 0.25) is 5.91 Å². The Bertz CT molecular complexity index is 1030. The standard InChI is InChI=1S/C17H16N6O5S/c1-2-22-15(13-7-4-8-28-13)19-21-17(22)29-10-14(24)18-20-16(25)11-5-3-6-12(9-11)23(26)27/h3-9H,2,10H2,1H3,(H,18,24)(H,20,25). The summed E-state index contributed by atoms with van der Waals surface area (Å²) >= 11 is 1.15. The van der Waals surface area contributed by atoms with Gasteiger partial charge in [-0.05, 0) is 25.1 Å². The van der Waals surface area contributed by atoms with Gasteiger partial charge in [0.15, 0.2) is 16.7 Å². The lowest BCUT2D eigenvalue weighted by Gasteiger charge is -2.08. The maximum absolute atomic E-state index is 12.0. The van der Waals surface area contributed by atoms with Crippen molar-refractivity contribution in [1.82, 2.24) is 25.6 Å². The van der Waals surface area contributed by atoms with Crippen LogP contribution in [-0.2, 0) is 11.3 Å². The second-order valence-electron chi connectivity index (χ2n) is 5.63. The lowest BCUT2D eigenvalue weighted by atomic mass is 10.2. The van der Waals surface area contributed by atoms with Crippen LogP contribution in [0, 0.1) is 10.1 Å². The average Bonchev–Trinajstić information content (AvgIpc) is 3.39. The summed E-state index contributed by atoms with van der Waals surface area (Å²) < 4.78 is 7.13. The topological polar surface area (TPSA) is 145 Å². The van der Waals surface area contributed by atoms with E-state index in [0.29, 0.717) is 23.3 Å². The number of hydrazine groups is 1. The number of hydrogen-bond acceptors (Lipinski definition) is 8. The van der Waals surface area contributed by atoms with Crippen LogP contribution in [0.2, 0.25) is 0 Å². The Labute approximate surface area is 168 Å². The third-order valence-corrected chi connectivity index (χ3v) is 4.71. The summed E-state index contributed by atoms with van der Waals surface area (Å²) in [4.78, 5) is 34.2. The van der Waals surface area contributed by atoms with Crippen LogP contribution in [0.25, 0.3) is 11.6 Å². The van der Waals surface area contributed by atoms with Crippen LogP contribution in [0.4, 0.5) is 5.69 Å². The largest absolute Gasteiger partial charge is 0.461 e. The number of nitrogens with one attached hydrogen (secondary N) is 2. The lowest BCUT2D eigenvalue weighted by Crippen LogP contribution is -2.42. The fraction of sp³-hybridized carbons (Fsp3) is 0.176. The van der Waals surface area contributed by atoms with Gasteiger partial charge in [0.05, 0.1) is 16.9 Å². The number of benzene rings is 1. The number of nitro benzene ring substituents is 1. The van der Waals surface area contributed by atoms with Crippen molar-refractivity contribution in [2.75, 3.05) is 5.75 Å². The molecular weight excluding hydrogens is 400 g/mol. The quantitative estimate of drug-likeness (QED) is 0.338. The minimum Gasteiger partial charge on any atom is -0.461 e. The monoisotopic (exact) mass is 416 g/mol. The molecule has 1 aromatic carbocycles. The van der Waals surface area contributed by atoms with Crippen molar-refractivity contribution in [1.29, 1.82) is 0 Å². The maximum atomic E-state index is 12.0. The number of carbonyl (C=O) groups excluding carboxylic acids is 2. The minimum atomic E-state index is -0.663. The van der Waals surface area contributed by atoms with Crippen molar-refractivity contribution in [2.24, 2.45) is 0 Å². The zero-order valence-electron chi connectivity index (χ0n) is 15.2. The number of amides is 2. The van der Waals surface area contributed by atoms with Gasteiger partial charge in [-0.3, -0.25) is 35.1 Å². The van der Waals surface area contributed by atoms with Crippen molar-refractivity contribution in [3.05, 3.63) is 58.3 Å². The molecular formula is C17H16N6O5S. The smallest absolute Gasteiger partial charge is 0.270 e. The number of aromatic nitrogens is 3. The number of nitro groups is 1. The molecule has 0 fully saturated rings. The van der Waals surface area contributed by atoms with E-state index in [9.17, 15) is 19.7 Å². The van der Waals surface area contributed by atoms with Crippen molar-refractivity contribution in [3.8, 4) is 11.6 Å². The number of thioether (sulfide) groups is 1. The molecule has 0 bridgehead atoms. The van der Waals surface area contributed by atoms with Crippen LogP contribution < -0.4 is 10.9 Å². The summed E-state index contributed by atoms with van der Waals surface area (Å²) in [6, 6.07) is 8.69. The Morgan fingerprint density at radius 3 is 2.76 bits per heavy atom. The highest BCUT2D eigenvalue weighted by atomic mass is 32.2. The first kappa shape index (κ1) is 20.1. The summed E-state index contributed by atoms with van der Waals surface area (Å²) in [5.74, 6) is -0.0342. The minimum absolute atomic E-state index is 0.0223. The Kier molecular flexibility index (Phi) is 6.24. The molecule has 2 amide bonds. The Morgan fingerprint density at radius 2 is 2.07 bits per heavy atom. The van der Waals surface area contributed by atoms with E-state index >= 15 is 0 Å². The SMILES string of the molecule is CCn1c(SCC(=O)NNC(=O)c2cccc([N+](=O)[O-])c2)nnc1-c1ccco1. The van der Waals surface area contributed by atoms with E-state index in [1.165, 1.54) is 24.5 Å². The summed E-state index contributed by atoms with van der Waals surface area (Å²) in [6.07, 6.45) is 1.54. The molecule has 0 radical (unpaired) electrons. The van der Waals surface area contributed by atoms with Gasteiger partial charge >= 0.3 is 0 Å². The fourth-order valence-electron chi connectivity index (χ4n) is 2.39. The number of furan rings is 1. The molecule has 0 atom stereocenters. The number of nitrogens with zero attached hydrogens (tertiary/aromatic N) is 4. The first-order valence-electron chi connectivity index (χ1n) is 8.43. The van der Waals surface area contributed by atoms with Crippen molar-refractivity contribution >= 4 is 29.3 Å². The summed E-state index contributed by atoms with van der Waals surface area (Å²) in [5.41, 5.74) is 4.33. The van der Waals surface area contributed by atoms with Gasteiger partial charge in [-0.2, -0.15) is 0 Å². The number of non-ortho nitro benzene ring substituents is 1. The zero-order chi connectivity index (χ0) is 20.8. The number of carbonyl (C=O) groups is 2. The van der Waals surface area contributed by atoms with Crippen LogP contribution in [0.3, 0.4) is 0 Å². The average molecular weight is 416 g/mol. The second kappa shape index (κ2) is 9.01. The first-order chi connectivity index (χ1) is 14.0. The predicted octanol–water partition coefficient (Wildman–Crippen LogP) is 2.02. The molecule has 0 saturated heterocycles. The van der Waals surface area contributed by atoms with Crippen molar-refractivity contribution in [3.63, 3.8) is 0 Å². The number of hydrogen-bond donors (Lipinski definition) is 2. The van der Waals surface area contributed by atoms with E-state index in [4.69, 9.17) is 4.42 Å². The van der Waals surface area contributed by atoms with E-state index < -0.39 is 16.7 Å². The predicted molar refractivity (Wildman–Crippen MR) is 103 cm³/mol. The molecule has 29 heavy (non-hydrogen) atoms. The highest BCUT2D eigenvalue weighted by molar-refractivity contribution is 7.99. The molecule has 0 aliphatic carbocycles. The van der Waals surface area contributed by atoms with Crippen molar-refractivity contribution < 1.29 is 18.9 Å². The molecule has 12 heteroatoms. The maximum Gasteiger partial charge on any atom is 0.270 e. The van der Waals surface area contributed by atoms with E-state index in [1.807, 2.05) is 6.92 Å². The van der Waals surface area contributed by atoms with E-state index in [-0.39, 0.29) is 17.0 Å².